The predicted molar refractivity (Wildman–Crippen MR) is 72.8 cm³/mol. The molecule has 0 aromatic heterocycles. The van der Waals surface area contributed by atoms with Gasteiger partial charge in [-0.3, -0.25) is 4.79 Å². The Hall–Kier alpha value is -1.11. The van der Waals surface area contributed by atoms with Crippen molar-refractivity contribution in [1.29, 1.82) is 0 Å². The molecule has 0 saturated heterocycles. The Morgan fingerprint density at radius 3 is 2.18 bits per heavy atom. The summed E-state index contributed by atoms with van der Waals surface area (Å²) in [6, 6.07) is 8.65. The summed E-state index contributed by atoms with van der Waals surface area (Å²) in [6.45, 7) is 6.07. The lowest BCUT2D eigenvalue weighted by molar-refractivity contribution is 0.448. The van der Waals surface area contributed by atoms with Gasteiger partial charge in [0.15, 0.2) is 0 Å². The Balaban J connectivity index is 2.53. The first kappa shape index (κ1) is 14.0. The van der Waals surface area contributed by atoms with Crippen LogP contribution in [0.1, 0.15) is 51.2 Å². The zero-order chi connectivity index (χ0) is 12.7. The molecule has 0 aliphatic rings. The number of aryl methyl sites for hydroxylation is 1. The van der Waals surface area contributed by atoms with Crippen LogP contribution in [0.15, 0.2) is 24.3 Å². The van der Waals surface area contributed by atoms with Crippen LogP contribution in [0.3, 0.4) is 0 Å². The molecule has 0 amide bonds. The molecule has 0 unspecified atom stereocenters. The zero-order valence-corrected chi connectivity index (χ0v) is 11.3. The van der Waals surface area contributed by atoms with E-state index in [-0.39, 0.29) is 5.41 Å². The van der Waals surface area contributed by atoms with Gasteiger partial charge in [0.25, 0.3) is 0 Å². The van der Waals surface area contributed by atoms with Crippen LogP contribution in [-0.4, -0.2) is 6.29 Å². The Morgan fingerprint density at radius 2 is 1.65 bits per heavy atom. The van der Waals surface area contributed by atoms with Gasteiger partial charge >= 0.3 is 0 Å². The van der Waals surface area contributed by atoms with Crippen LogP contribution in [0.5, 0.6) is 0 Å². The van der Waals surface area contributed by atoms with Gasteiger partial charge in [-0.05, 0) is 30.4 Å². The minimum Gasteiger partial charge on any atom is -0.290 e. The summed E-state index contributed by atoms with van der Waals surface area (Å²) >= 11 is 0. The largest absolute Gasteiger partial charge is 0.290 e. The summed E-state index contributed by atoms with van der Waals surface area (Å²) < 4.78 is 0. The van der Waals surface area contributed by atoms with Crippen LogP contribution >= 0.6 is 0 Å². The molecule has 17 heavy (non-hydrogen) atoms. The van der Waals surface area contributed by atoms with Gasteiger partial charge in [0.2, 0.25) is 6.29 Å². The second-order valence-electron chi connectivity index (χ2n) is 5.44. The Bertz CT molecular complexity index is 335. The van der Waals surface area contributed by atoms with Gasteiger partial charge in [-0.15, -0.1) is 0 Å². The van der Waals surface area contributed by atoms with Crippen molar-refractivity contribution in [1.82, 2.24) is 0 Å². The summed E-state index contributed by atoms with van der Waals surface area (Å²) in [5, 5.41) is 0. The number of carbonyl (C=O) groups excluding carboxylic acids is 1. The molecule has 0 heterocycles. The third-order valence-electron chi connectivity index (χ3n) is 3.01. The second kappa shape index (κ2) is 6.58. The van der Waals surface area contributed by atoms with Crippen LogP contribution in [0.4, 0.5) is 0 Å². The van der Waals surface area contributed by atoms with Crippen molar-refractivity contribution in [3.8, 4) is 0 Å². The van der Waals surface area contributed by atoms with Crippen LogP contribution in [0.2, 0.25) is 0 Å². The highest BCUT2D eigenvalue weighted by Crippen LogP contribution is 2.19. The first-order valence-corrected chi connectivity index (χ1v) is 6.54. The fourth-order valence-electron chi connectivity index (χ4n) is 1.95. The molecular weight excluding hydrogens is 208 g/mol. The van der Waals surface area contributed by atoms with E-state index in [4.69, 9.17) is 0 Å². The molecule has 0 N–H and O–H groups in total. The van der Waals surface area contributed by atoms with E-state index in [1.807, 2.05) is 13.8 Å². The first-order chi connectivity index (χ1) is 8.07. The van der Waals surface area contributed by atoms with Gasteiger partial charge in [-0.1, -0.05) is 57.9 Å². The maximum atomic E-state index is 10.7. The lowest BCUT2D eigenvalue weighted by Crippen LogP contribution is -2.16. The number of rotatable bonds is 7. The fourth-order valence-corrected chi connectivity index (χ4v) is 1.95. The molecule has 1 radical (unpaired) electrons. The third kappa shape index (κ3) is 5.16. The maximum Gasteiger partial charge on any atom is 0.204 e. The van der Waals surface area contributed by atoms with Gasteiger partial charge in [0, 0.05) is 5.41 Å². The summed E-state index contributed by atoms with van der Waals surface area (Å²) in [6.07, 6.45) is 7.86. The lowest BCUT2D eigenvalue weighted by Gasteiger charge is -2.15. The molecule has 1 heteroatoms. The quantitative estimate of drug-likeness (QED) is 0.646. The molecule has 0 saturated carbocycles. The van der Waals surface area contributed by atoms with E-state index >= 15 is 0 Å². The molecule has 1 nitrogen and oxygen atoms in total. The summed E-state index contributed by atoms with van der Waals surface area (Å²) in [5.74, 6) is 0. The van der Waals surface area contributed by atoms with Crippen molar-refractivity contribution in [2.45, 2.75) is 52.9 Å². The SMILES string of the molecule is CCCCCc1ccc(CC(C)(C)[C]=O)cc1. The van der Waals surface area contributed by atoms with E-state index in [2.05, 4.69) is 37.5 Å². The van der Waals surface area contributed by atoms with Crippen LogP contribution in [0.25, 0.3) is 0 Å². The number of unbranched alkanes of at least 4 members (excludes halogenated alkanes) is 2. The first-order valence-electron chi connectivity index (χ1n) is 6.54. The molecule has 1 aromatic carbocycles. The molecule has 1 rings (SSSR count). The average Bonchev–Trinajstić information content (AvgIpc) is 2.31. The third-order valence-corrected chi connectivity index (χ3v) is 3.01. The minimum atomic E-state index is -0.371. The smallest absolute Gasteiger partial charge is 0.204 e. The molecule has 0 atom stereocenters. The summed E-state index contributed by atoms with van der Waals surface area (Å²) in [4.78, 5) is 10.7. The molecule has 93 valence electrons. The molecule has 1 aromatic rings. The lowest BCUT2D eigenvalue weighted by atomic mass is 9.87. The van der Waals surface area contributed by atoms with Crippen molar-refractivity contribution in [2.24, 2.45) is 5.41 Å². The molecule has 0 spiro atoms. The number of benzene rings is 1. The van der Waals surface area contributed by atoms with Gasteiger partial charge in [0.05, 0.1) is 0 Å². The van der Waals surface area contributed by atoms with Crippen LogP contribution in [0, 0.1) is 5.41 Å². The zero-order valence-electron chi connectivity index (χ0n) is 11.3. The highest BCUT2D eigenvalue weighted by Gasteiger charge is 2.18. The van der Waals surface area contributed by atoms with Gasteiger partial charge in [0.1, 0.15) is 0 Å². The van der Waals surface area contributed by atoms with E-state index in [0.717, 1.165) is 12.8 Å². The van der Waals surface area contributed by atoms with E-state index in [1.165, 1.54) is 30.4 Å². The summed E-state index contributed by atoms with van der Waals surface area (Å²) in [5.41, 5.74) is 2.25. The molecule has 0 bridgehead atoms. The van der Waals surface area contributed by atoms with Crippen molar-refractivity contribution < 1.29 is 4.79 Å². The van der Waals surface area contributed by atoms with Gasteiger partial charge in [-0.25, -0.2) is 0 Å². The van der Waals surface area contributed by atoms with E-state index < -0.39 is 0 Å². The molecular formula is C16H23O. The molecule has 0 aliphatic carbocycles. The minimum absolute atomic E-state index is 0.371. The van der Waals surface area contributed by atoms with E-state index in [1.54, 1.807) is 0 Å². The standard InChI is InChI=1S/C16H23O/c1-4-5-6-7-14-8-10-15(11-9-14)12-16(2,3)13-17/h8-11H,4-7,12H2,1-3H3. The van der Waals surface area contributed by atoms with Gasteiger partial charge < -0.3 is 0 Å². The Labute approximate surface area is 105 Å². The highest BCUT2D eigenvalue weighted by molar-refractivity contribution is 5.59. The maximum absolute atomic E-state index is 10.7. The van der Waals surface area contributed by atoms with Crippen molar-refractivity contribution in [3.05, 3.63) is 35.4 Å². The molecule has 0 fully saturated rings. The predicted octanol–water partition coefficient (Wildman–Crippen LogP) is 4.10. The normalized spacial score (nSPS) is 11.5. The second-order valence-corrected chi connectivity index (χ2v) is 5.44. The van der Waals surface area contributed by atoms with Crippen LogP contribution < -0.4 is 0 Å². The van der Waals surface area contributed by atoms with Crippen molar-refractivity contribution >= 4 is 6.29 Å². The number of hydrogen-bond acceptors (Lipinski definition) is 1. The van der Waals surface area contributed by atoms with Crippen molar-refractivity contribution in [3.63, 3.8) is 0 Å². The Morgan fingerprint density at radius 1 is 1.06 bits per heavy atom. The van der Waals surface area contributed by atoms with Gasteiger partial charge in [-0.2, -0.15) is 0 Å². The highest BCUT2D eigenvalue weighted by atomic mass is 16.1. The molecule has 0 aliphatic heterocycles. The van der Waals surface area contributed by atoms with E-state index in [9.17, 15) is 4.79 Å². The average molecular weight is 231 g/mol. The monoisotopic (exact) mass is 231 g/mol. The van der Waals surface area contributed by atoms with E-state index in [0.29, 0.717) is 0 Å². The van der Waals surface area contributed by atoms with Crippen LogP contribution in [-0.2, 0) is 17.6 Å². The Kier molecular flexibility index (Phi) is 5.40. The fraction of sp³-hybridized carbons (Fsp3) is 0.562. The van der Waals surface area contributed by atoms with Crippen molar-refractivity contribution in [2.75, 3.05) is 0 Å². The number of hydrogen-bond donors (Lipinski definition) is 0. The topological polar surface area (TPSA) is 17.1 Å². The summed E-state index contributed by atoms with van der Waals surface area (Å²) in [7, 11) is 0.